The van der Waals surface area contributed by atoms with Gasteiger partial charge in [0.05, 0.1) is 12.7 Å². The first-order valence-electron chi connectivity index (χ1n) is 13.0. The van der Waals surface area contributed by atoms with Gasteiger partial charge < -0.3 is 30.7 Å². The van der Waals surface area contributed by atoms with Crippen molar-refractivity contribution in [3.63, 3.8) is 0 Å². The van der Waals surface area contributed by atoms with Crippen LogP contribution in [0.1, 0.15) is 79.1 Å². The summed E-state index contributed by atoms with van der Waals surface area (Å²) in [5.74, 6) is -2.73. The number of rotatable bonds is 11. The fourth-order valence-corrected chi connectivity index (χ4v) is 3.50. The van der Waals surface area contributed by atoms with E-state index in [2.05, 4.69) is 21.3 Å². The molecule has 0 aliphatic carbocycles. The molecule has 218 valence electrons. The van der Waals surface area contributed by atoms with Gasteiger partial charge in [-0.15, -0.1) is 0 Å². The predicted molar refractivity (Wildman–Crippen MR) is 148 cm³/mol. The minimum Gasteiger partial charge on any atom is -0.465 e. The molecule has 4 N–H and O–H groups in total. The van der Waals surface area contributed by atoms with Crippen LogP contribution >= 0.6 is 0 Å². The summed E-state index contributed by atoms with van der Waals surface area (Å²) in [6.07, 6.45) is -0.147. The van der Waals surface area contributed by atoms with Crippen molar-refractivity contribution in [3.8, 4) is 0 Å². The summed E-state index contributed by atoms with van der Waals surface area (Å²) in [4.78, 5) is 63.7. The van der Waals surface area contributed by atoms with E-state index in [1.807, 2.05) is 13.8 Å². The first-order chi connectivity index (χ1) is 17.9. The molecule has 0 aliphatic heterocycles. The Morgan fingerprint density at radius 3 is 2.03 bits per heavy atom. The molecule has 0 aromatic heterocycles. The highest BCUT2D eigenvalue weighted by Crippen LogP contribution is 2.16. The summed E-state index contributed by atoms with van der Waals surface area (Å²) in [5, 5.41) is 10.7. The normalized spacial score (nSPS) is 13.9. The lowest BCUT2D eigenvalue weighted by molar-refractivity contribution is -0.135. The molecule has 1 rings (SSSR count). The van der Waals surface area contributed by atoms with Crippen molar-refractivity contribution in [1.82, 2.24) is 16.0 Å². The van der Waals surface area contributed by atoms with Crippen molar-refractivity contribution in [2.75, 3.05) is 12.4 Å². The smallest absolute Gasteiger partial charge is 0.408 e. The molecule has 39 heavy (non-hydrogen) atoms. The van der Waals surface area contributed by atoms with Gasteiger partial charge >= 0.3 is 12.1 Å². The molecule has 0 spiro atoms. The Hall–Kier alpha value is -3.63. The number of carbonyl (C=O) groups is 5. The molecule has 1 aromatic rings. The van der Waals surface area contributed by atoms with E-state index in [9.17, 15) is 24.0 Å². The van der Waals surface area contributed by atoms with Gasteiger partial charge in [-0.25, -0.2) is 9.59 Å². The maximum Gasteiger partial charge on any atom is 0.408 e. The van der Waals surface area contributed by atoms with Crippen molar-refractivity contribution in [1.29, 1.82) is 0 Å². The van der Waals surface area contributed by atoms with Crippen LogP contribution in [0.4, 0.5) is 10.5 Å². The molecule has 0 bridgehead atoms. The van der Waals surface area contributed by atoms with Crippen molar-refractivity contribution in [2.45, 2.75) is 92.0 Å². The maximum absolute atomic E-state index is 13.2. The number of nitrogens with one attached hydrogen (secondary N) is 4. The SMILES string of the molecule is CC[C@H](C)[C@H](NC(=O)OC(C)(C)C)C(=O)NC(C)(C)C(=O)N[C@H](C(=O)Nc1cccc(C(=O)OC)c1)C(C)C. The zero-order valence-electron chi connectivity index (χ0n) is 24.7. The van der Waals surface area contributed by atoms with Gasteiger partial charge in [0, 0.05) is 5.69 Å². The number of benzene rings is 1. The van der Waals surface area contributed by atoms with Crippen LogP contribution in [-0.2, 0) is 23.9 Å². The first-order valence-corrected chi connectivity index (χ1v) is 13.0. The third-order valence-corrected chi connectivity index (χ3v) is 5.96. The van der Waals surface area contributed by atoms with E-state index in [1.54, 1.807) is 52.8 Å². The second-order valence-corrected chi connectivity index (χ2v) is 11.4. The topological polar surface area (TPSA) is 152 Å². The van der Waals surface area contributed by atoms with Gasteiger partial charge in [0.2, 0.25) is 17.7 Å². The predicted octanol–water partition coefficient (Wildman–Crippen LogP) is 3.39. The molecule has 0 aliphatic rings. The Morgan fingerprint density at radius 2 is 1.51 bits per heavy atom. The summed E-state index contributed by atoms with van der Waals surface area (Å²) < 4.78 is 10.0. The Kier molecular flexibility index (Phi) is 12.0. The molecule has 3 atom stereocenters. The van der Waals surface area contributed by atoms with E-state index in [0.29, 0.717) is 12.1 Å². The lowest BCUT2D eigenvalue weighted by Gasteiger charge is -2.32. The molecule has 0 unspecified atom stereocenters. The van der Waals surface area contributed by atoms with Gasteiger partial charge in [0.15, 0.2) is 0 Å². The van der Waals surface area contributed by atoms with E-state index in [1.165, 1.54) is 27.0 Å². The Bertz CT molecular complexity index is 1050. The fraction of sp³-hybridized carbons (Fsp3) is 0.607. The van der Waals surface area contributed by atoms with Crippen molar-refractivity contribution < 1.29 is 33.4 Å². The van der Waals surface area contributed by atoms with E-state index in [0.717, 1.165) is 0 Å². The highest BCUT2D eigenvalue weighted by atomic mass is 16.6. The first kappa shape index (κ1) is 33.4. The van der Waals surface area contributed by atoms with E-state index in [4.69, 9.17) is 9.47 Å². The largest absolute Gasteiger partial charge is 0.465 e. The number of anilines is 1. The van der Waals surface area contributed by atoms with E-state index >= 15 is 0 Å². The van der Waals surface area contributed by atoms with Crippen LogP contribution in [0, 0.1) is 11.8 Å². The second-order valence-electron chi connectivity index (χ2n) is 11.4. The summed E-state index contributed by atoms with van der Waals surface area (Å²) >= 11 is 0. The minimum absolute atomic E-state index is 0.244. The molecule has 11 heteroatoms. The highest BCUT2D eigenvalue weighted by molar-refractivity contribution is 6.00. The maximum atomic E-state index is 13.2. The summed E-state index contributed by atoms with van der Waals surface area (Å²) in [6.45, 7) is 15.4. The zero-order valence-corrected chi connectivity index (χ0v) is 24.7. The van der Waals surface area contributed by atoms with Crippen LogP contribution < -0.4 is 21.3 Å². The van der Waals surface area contributed by atoms with E-state index < -0.39 is 53.0 Å². The molecule has 0 saturated carbocycles. The van der Waals surface area contributed by atoms with Crippen molar-refractivity contribution >= 4 is 35.5 Å². The monoisotopic (exact) mass is 548 g/mol. The average molecular weight is 549 g/mol. The third-order valence-electron chi connectivity index (χ3n) is 5.96. The second kappa shape index (κ2) is 14.0. The summed E-state index contributed by atoms with van der Waals surface area (Å²) in [5.41, 5.74) is -1.54. The molecule has 0 fully saturated rings. The van der Waals surface area contributed by atoms with Crippen molar-refractivity contribution in [3.05, 3.63) is 29.8 Å². The van der Waals surface area contributed by atoms with E-state index in [-0.39, 0.29) is 17.4 Å². The van der Waals surface area contributed by atoms with Gasteiger partial charge in [-0.1, -0.05) is 40.2 Å². The minimum atomic E-state index is -1.42. The third kappa shape index (κ3) is 10.6. The van der Waals surface area contributed by atoms with Gasteiger partial charge in [-0.3, -0.25) is 14.4 Å². The van der Waals surface area contributed by atoms with Crippen LogP contribution in [0.15, 0.2) is 24.3 Å². The van der Waals surface area contributed by atoms with Gasteiger partial charge in [0.25, 0.3) is 0 Å². The molecule has 0 saturated heterocycles. The standard InChI is InChI=1S/C28H44N4O7/c1-11-17(4)21(31-26(37)39-27(5,6)7)23(34)32-28(8,9)25(36)30-20(16(2)3)22(33)29-19-14-12-13-18(15-19)24(35)38-10/h12-17,20-21H,11H2,1-10H3,(H,29,33)(H,30,36)(H,31,37)(H,32,34)/t17-,20-,21-/m0/s1. The molecular formula is C28H44N4O7. The summed E-state index contributed by atoms with van der Waals surface area (Å²) in [6, 6.07) is 4.35. The summed E-state index contributed by atoms with van der Waals surface area (Å²) in [7, 11) is 1.26. The number of hydrogen-bond donors (Lipinski definition) is 4. The lowest BCUT2D eigenvalue weighted by Crippen LogP contribution is -2.62. The lowest BCUT2D eigenvalue weighted by atomic mass is 9.95. The number of carbonyl (C=O) groups excluding carboxylic acids is 5. The van der Waals surface area contributed by atoms with Crippen LogP contribution in [0.2, 0.25) is 0 Å². The van der Waals surface area contributed by atoms with Gasteiger partial charge in [-0.2, -0.15) is 0 Å². The van der Waals surface area contributed by atoms with Gasteiger partial charge in [-0.05, 0) is 64.7 Å². The molecule has 4 amide bonds. The van der Waals surface area contributed by atoms with Crippen LogP contribution in [0.3, 0.4) is 0 Å². The molecular weight excluding hydrogens is 504 g/mol. The Balaban J connectivity index is 3.00. The molecule has 0 radical (unpaired) electrons. The number of hydrogen-bond acceptors (Lipinski definition) is 7. The number of alkyl carbamates (subject to hydrolysis) is 1. The highest BCUT2D eigenvalue weighted by Gasteiger charge is 2.37. The Morgan fingerprint density at radius 1 is 0.897 bits per heavy atom. The average Bonchev–Trinajstić information content (AvgIpc) is 2.82. The fourth-order valence-electron chi connectivity index (χ4n) is 3.50. The molecule has 11 nitrogen and oxygen atoms in total. The number of ether oxygens (including phenoxy) is 2. The van der Waals surface area contributed by atoms with Crippen molar-refractivity contribution in [2.24, 2.45) is 11.8 Å². The molecule has 0 heterocycles. The quantitative estimate of drug-likeness (QED) is 0.309. The zero-order chi connectivity index (χ0) is 30.1. The van der Waals surface area contributed by atoms with Crippen LogP contribution in [0.5, 0.6) is 0 Å². The Labute approximate surface area is 231 Å². The number of methoxy groups -OCH3 is 1. The van der Waals surface area contributed by atoms with Gasteiger partial charge in [0.1, 0.15) is 23.2 Å². The number of amides is 4. The molecule has 1 aromatic carbocycles. The van der Waals surface area contributed by atoms with Crippen LogP contribution in [0.25, 0.3) is 0 Å². The van der Waals surface area contributed by atoms with Crippen LogP contribution in [-0.4, -0.2) is 60.1 Å². The number of esters is 1.